The number of tetrazole rings is 1. The van der Waals surface area contributed by atoms with Crippen LogP contribution in [-0.4, -0.2) is 20.2 Å². The summed E-state index contributed by atoms with van der Waals surface area (Å²) in [6.07, 6.45) is 0.676. The van der Waals surface area contributed by atoms with E-state index in [-0.39, 0.29) is 23.7 Å². The van der Waals surface area contributed by atoms with Crippen molar-refractivity contribution < 1.29 is 8.78 Å². The van der Waals surface area contributed by atoms with E-state index >= 15 is 0 Å². The molecule has 23 heavy (non-hydrogen) atoms. The summed E-state index contributed by atoms with van der Waals surface area (Å²) >= 11 is 0. The molecule has 116 valence electrons. The molecule has 5 nitrogen and oxygen atoms in total. The van der Waals surface area contributed by atoms with Gasteiger partial charge in [-0.3, -0.25) is 0 Å². The van der Waals surface area contributed by atoms with Crippen LogP contribution in [0.4, 0.5) is 14.7 Å². The summed E-state index contributed by atoms with van der Waals surface area (Å²) in [4.78, 5) is 0. The van der Waals surface area contributed by atoms with Gasteiger partial charge in [0.1, 0.15) is 11.6 Å². The predicted octanol–water partition coefficient (Wildman–Crippen LogP) is 3.10. The first-order valence-corrected chi connectivity index (χ1v) is 7.26. The Morgan fingerprint density at radius 2 is 1.52 bits per heavy atom. The van der Waals surface area contributed by atoms with Gasteiger partial charge in [-0.25, -0.2) is 13.5 Å². The fourth-order valence-electron chi connectivity index (χ4n) is 2.91. The Kier molecular flexibility index (Phi) is 3.25. The molecule has 0 aliphatic carbocycles. The molecule has 2 aromatic carbocycles. The summed E-state index contributed by atoms with van der Waals surface area (Å²) in [5.41, 5.74) is 1.88. The molecule has 1 aliphatic heterocycles. The normalized spacial score (nSPS) is 19.9. The lowest BCUT2D eigenvalue weighted by atomic mass is 9.93. The molecule has 0 fully saturated rings. The van der Waals surface area contributed by atoms with E-state index in [1.807, 2.05) is 0 Å². The van der Waals surface area contributed by atoms with Gasteiger partial charge in [-0.1, -0.05) is 29.4 Å². The SMILES string of the molecule is Fc1ccc(C2CC(c3ccc(F)cc3)n3nnnc3N2)cc1. The van der Waals surface area contributed by atoms with E-state index in [0.717, 1.165) is 11.1 Å². The maximum absolute atomic E-state index is 13.2. The number of rotatable bonds is 2. The second-order valence-electron chi connectivity index (χ2n) is 5.50. The van der Waals surface area contributed by atoms with Crippen molar-refractivity contribution in [2.45, 2.75) is 18.5 Å². The van der Waals surface area contributed by atoms with Crippen molar-refractivity contribution in [2.75, 3.05) is 5.32 Å². The van der Waals surface area contributed by atoms with Crippen LogP contribution in [0.25, 0.3) is 0 Å². The van der Waals surface area contributed by atoms with Gasteiger partial charge in [0.2, 0.25) is 5.95 Å². The highest BCUT2D eigenvalue weighted by atomic mass is 19.1. The molecular formula is C16H13F2N5. The Hall–Kier alpha value is -2.83. The maximum atomic E-state index is 13.2. The van der Waals surface area contributed by atoms with Crippen molar-refractivity contribution in [3.8, 4) is 0 Å². The highest BCUT2D eigenvalue weighted by Gasteiger charge is 2.30. The van der Waals surface area contributed by atoms with Crippen LogP contribution in [0.1, 0.15) is 29.6 Å². The molecule has 4 rings (SSSR count). The molecule has 0 amide bonds. The van der Waals surface area contributed by atoms with Gasteiger partial charge in [0.25, 0.3) is 0 Å². The van der Waals surface area contributed by atoms with Crippen molar-refractivity contribution in [1.82, 2.24) is 20.2 Å². The monoisotopic (exact) mass is 313 g/mol. The van der Waals surface area contributed by atoms with Gasteiger partial charge < -0.3 is 5.32 Å². The van der Waals surface area contributed by atoms with Gasteiger partial charge in [-0.2, -0.15) is 0 Å². The van der Waals surface area contributed by atoms with Crippen molar-refractivity contribution in [3.05, 3.63) is 71.3 Å². The van der Waals surface area contributed by atoms with E-state index in [2.05, 4.69) is 20.8 Å². The van der Waals surface area contributed by atoms with Crippen LogP contribution < -0.4 is 5.32 Å². The van der Waals surface area contributed by atoms with Gasteiger partial charge in [0, 0.05) is 0 Å². The first-order chi connectivity index (χ1) is 11.2. The number of aromatic nitrogens is 4. The molecule has 3 aromatic rings. The molecule has 2 heterocycles. The Bertz CT molecular complexity index is 813. The number of nitrogens with one attached hydrogen (secondary N) is 1. The number of hydrogen-bond acceptors (Lipinski definition) is 4. The molecular weight excluding hydrogens is 300 g/mol. The predicted molar refractivity (Wildman–Crippen MR) is 79.7 cm³/mol. The van der Waals surface area contributed by atoms with E-state index in [4.69, 9.17) is 0 Å². The zero-order chi connectivity index (χ0) is 15.8. The molecule has 1 N–H and O–H groups in total. The van der Waals surface area contributed by atoms with E-state index in [1.54, 1.807) is 28.9 Å². The first kappa shape index (κ1) is 13.8. The smallest absolute Gasteiger partial charge is 0.243 e. The average Bonchev–Trinajstić information content (AvgIpc) is 3.04. The van der Waals surface area contributed by atoms with Crippen molar-refractivity contribution in [3.63, 3.8) is 0 Å². The summed E-state index contributed by atoms with van der Waals surface area (Å²) < 4.78 is 28.0. The molecule has 1 aliphatic rings. The molecule has 0 spiro atoms. The largest absolute Gasteiger partial charge is 0.346 e. The summed E-state index contributed by atoms with van der Waals surface area (Å²) in [7, 11) is 0. The van der Waals surface area contributed by atoms with E-state index in [0.29, 0.717) is 12.4 Å². The first-order valence-electron chi connectivity index (χ1n) is 7.26. The van der Waals surface area contributed by atoms with Crippen molar-refractivity contribution >= 4 is 5.95 Å². The summed E-state index contributed by atoms with van der Waals surface area (Å²) in [6, 6.07) is 12.5. The van der Waals surface area contributed by atoms with Crippen LogP contribution in [0.2, 0.25) is 0 Å². The molecule has 7 heteroatoms. The fraction of sp³-hybridized carbons (Fsp3) is 0.188. The second kappa shape index (κ2) is 5.42. The molecule has 0 saturated carbocycles. The number of anilines is 1. The van der Waals surface area contributed by atoms with Crippen LogP contribution >= 0.6 is 0 Å². The third-order valence-corrected chi connectivity index (χ3v) is 4.08. The minimum Gasteiger partial charge on any atom is -0.346 e. The fourth-order valence-corrected chi connectivity index (χ4v) is 2.91. The number of hydrogen-bond donors (Lipinski definition) is 1. The number of nitrogens with zero attached hydrogens (tertiary/aromatic N) is 4. The summed E-state index contributed by atoms with van der Waals surface area (Å²) in [5.74, 6) is -0.0147. The lowest BCUT2D eigenvalue weighted by molar-refractivity contribution is 0.423. The Balaban J connectivity index is 1.71. The number of halogens is 2. The molecule has 2 atom stereocenters. The maximum Gasteiger partial charge on any atom is 0.243 e. The third-order valence-electron chi connectivity index (χ3n) is 4.08. The Morgan fingerprint density at radius 1 is 0.913 bits per heavy atom. The average molecular weight is 313 g/mol. The van der Waals surface area contributed by atoms with Gasteiger partial charge in [-0.15, -0.1) is 0 Å². The standard InChI is InChI=1S/C16H13F2N5/c17-12-5-1-10(2-6-12)14-9-15(11-3-7-13(18)8-4-11)23-16(19-14)20-21-22-23/h1-8,14-15H,9H2,(H,19,20,22). The minimum absolute atomic E-state index is 0.0517. The van der Waals surface area contributed by atoms with Gasteiger partial charge in [0.05, 0.1) is 12.1 Å². The Morgan fingerprint density at radius 3 is 2.17 bits per heavy atom. The quantitative estimate of drug-likeness (QED) is 0.790. The van der Waals surface area contributed by atoms with Crippen LogP contribution in [0.3, 0.4) is 0 Å². The molecule has 0 bridgehead atoms. The summed E-state index contributed by atoms with van der Waals surface area (Å²) in [5, 5.41) is 15.0. The lowest BCUT2D eigenvalue weighted by Crippen LogP contribution is -2.28. The minimum atomic E-state index is -0.283. The molecule has 0 saturated heterocycles. The summed E-state index contributed by atoms with van der Waals surface area (Å²) in [6.45, 7) is 0. The molecule has 0 radical (unpaired) electrons. The van der Waals surface area contributed by atoms with Crippen molar-refractivity contribution in [2.24, 2.45) is 0 Å². The van der Waals surface area contributed by atoms with E-state index in [1.165, 1.54) is 24.3 Å². The Labute approximate surface area is 130 Å². The van der Waals surface area contributed by atoms with Gasteiger partial charge >= 0.3 is 0 Å². The van der Waals surface area contributed by atoms with Crippen LogP contribution in [0.15, 0.2) is 48.5 Å². The highest BCUT2D eigenvalue weighted by Crippen LogP contribution is 2.36. The van der Waals surface area contributed by atoms with Crippen LogP contribution in [-0.2, 0) is 0 Å². The van der Waals surface area contributed by atoms with Gasteiger partial charge in [-0.05, 0) is 52.2 Å². The zero-order valence-corrected chi connectivity index (χ0v) is 12.0. The number of benzene rings is 2. The van der Waals surface area contributed by atoms with Crippen LogP contribution in [0, 0.1) is 11.6 Å². The second-order valence-corrected chi connectivity index (χ2v) is 5.50. The topological polar surface area (TPSA) is 55.6 Å². The van der Waals surface area contributed by atoms with E-state index in [9.17, 15) is 8.78 Å². The molecule has 2 unspecified atom stereocenters. The number of fused-ring (bicyclic) bond motifs is 1. The zero-order valence-electron chi connectivity index (χ0n) is 12.0. The van der Waals surface area contributed by atoms with E-state index < -0.39 is 0 Å². The van der Waals surface area contributed by atoms with Gasteiger partial charge in [0.15, 0.2) is 0 Å². The van der Waals surface area contributed by atoms with Crippen LogP contribution in [0.5, 0.6) is 0 Å². The highest BCUT2D eigenvalue weighted by molar-refractivity contribution is 5.37. The third kappa shape index (κ3) is 2.54. The lowest BCUT2D eigenvalue weighted by Gasteiger charge is -2.31. The molecule has 1 aromatic heterocycles. The van der Waals surface area contributed by atoms with Crippen molar-refractivity contribution in [1.29, 1.82) is 0 Å².